The molecule has 0 radical (unpaired) electrons. The van der Waals surface area contributed by atoms with Crippen molar-refractivity contribution in [3.8, 4) is 11.5 Å². The molecule has 1 aromatic rings. The van der Waals surface area contributed by atoms with Crippen LogP contribution in [0.25, 0.3) is 0 Å². The fraction of sp³-hybridized carbons (Fsp3) is 0.333. The summed E-state index contributed by atoms with van der Waals surface area (Å²) >= 11 is 0. The van der Waals surface area contributed by atoms with E-state index in [-0.39, 0.29) is 5.69 Å². The van der Waals surface area contributed by atoms with E-state index in [4.69, 9.17) is 14.2 Å². The SMILES string of the molecule is CCOC1Oc2ccc([N+](=O)[O-])cc2O1. The van der Waals surface area contributed by atoms with Crippen molar-refractivity contribution < 1.29 is 19.1 Å². The third-order valence-electron chi connectivity index (χ3n) is 1.89. The van der Waals surface area contributed by atoms with Gasteiger partial charge in [-0.2, -0.15) is 0 Å². The molecule has 0 saturated heterocycles. The van der Waals surface area contributed by atoms with Gasteiger partial charge in [-0.3, -0.25) is 10.1 Å². The van der Waals surface area contributed by atoms with Gasteiger partial charge in [-0.25, -0.2) is 0 Å². The highest BCUT2D eigenvalue weighted by atomic mass is 16.9. The van der Waals surface area contributed by atoms with Gasteiger partial charge in [0, 0.05) is 6.07 Å². The lowest BCUT2D eigenvalue weighted by atomic mass is 10.3. The lowest BCUT2D eigenvalue weighted by Gasteiger charge is -2.07. The van der Waals surface area contributed by atoms with Crippen LogP contribution in [0.5, 0.6) is 11.5 Å². The number of hydrogen-bond donors (Lipinski definition) is 0. The van der Waals surface area contributed by atoms with Crippen LogP contribution in [-0.2, 0) is 4.74 Å². The van der Waals surface area contributed by atoms with Crippen LogP contribution < -0.4 is 9.47 Å². The molecule has 1 aromatic carbocycles. The molecule has 1 unspecified atom stereocenters. The van der Waals surface area contributed by atoms with Crippen LogP contribution in [0.1, 0.15) is 6.92 Å². The minimum Gasteiger partial charge on any atom is -0.428 e. The van der Waals surface area contributed by atoms with Crippen molar-refractivity contribution in [2.24, 2.45) is 0 Å². The number of benzene rings is 1. The van der Waals surface area contributed by atoms with Gasteiger partial charge in [0.05, 0.1) is 17.6 Å². The Morgan fingerprint density at radius 2 is 2.20 bits per heavy atom. The van der Waals surface area contributed by atoms with E-state index < -0.39 is 11.4 Å². The predicted molar refractivity (Wildman–Crippen MR) is 49.8 cm³/mol. The molecule has 6 heteroatoms. The Bertz CT molecular complexity index is 392. The highest BCUT2D eigenvalue weighted by Crippen LogP contribution is 2.37. The first kappa shape index (κ1) is 9.72. The largest absolute Gasteiger partial charge is 0.428 e. The van der Waals surface area contributed by atoms with Crippen LogP contribution >= 0.6 is 0 Å². The quantitative estimate of drug-likeness (QED) is 0.562. The summed E-state index contributed by atoms with van der Waals surface area (Å²) in [5.41, 5.74) is -0.0329. The van der Waals surface area contributed by atoms with Gasteiger partial charge < -0.3 is 14.2 Å². The van der Waals surface area contributed by atoms with Gasteiger partial charge in [-0.15, -0.1) is 0 Å². The molecular formula is C9H9NO5. The minimum absolute atomic E-state index is 0.0329. The van der Waals surface area contributed by atoms with Crippen molar-refractivity contribution in [1.29, 1.82) is 0 Å². The molecule has 1 heterocycles. The number of rotatable bonds is 3. The summed E-state index contributed by atoms with van der Waals surface area (Å²) < 4.78 is 15.5. The molecule has 6 nitrogen and oxygen atoms in total. The van der Waals surface area contributed by atoms with E-state index in [2.05, 4.69) is 0 Å². The molecule has 0 aliphatic carbocycles. The van der Waals surface area contributed by atoms with Crippen LogP contribution in [0.4, 0.5) is 5.69 Å². The molecule has 80 valence electrons. The second-order valence-corrected chi connectivity index (χ2v) is 2.87. The third-order valence-corrected chi connectivity index (χ3v) is 1.89. The first-order valence-corrected chi connectivity index (χ1v) is 4.44. The molecule has 1 aliphatic rings. The summed E-state index contributed by atoms with van der Waals surface area (Å²) in [6.07, 6.45) is 0. The third kappa shape index (κ3) is 1.84. The Labute approximate surface area is 85.5 Å². The van der Waals surface area contributed by atoms with Crippen LogP contribution in [0, 0.1) is 10.1 Å². The molecule has 0 aromatic heterocycles. The summed E-state index contributed by atoms with van der Waals surface area (Å²) in [5.74, 6) is 0.793. The number of ether oxygens (including phenoxy) is 3. The van der Waals surface area contributed by atoms with Gasteiger partial charge in [0.1, 0.15) is 0 Å². The normalized spacial score (nSPS) is 17.8. The van der Waals surface area contributed by atoms with E-state index in [1.165, 1.54) is 18.2 Å². The standard InChI is InChI=1S/C9H9NO5/c1-2-13-9-14-7-4-3-6(10(11)12)5-8(7)15-9/h3-5,9H,2H2,1H3. The van der Waals surface area contributed by atoms with E-state index in [0.717, 1.165) is 0 Å². The van der Waals surface area contributed by atoms with Crippen molar-refractivity contribution in [1.82, 2.24) is 0 Å². The number of nitro benzene ring substituents is 1. The summed E-state index contributed by atoms with van der Waals surface area (Å²) in [6, 6.07) is 4.16. The number of hydrogen-bond acceptors (Lipinski definition) is 5. The van der Waals surface area contributed by atoms with Crippen LogP contribution in [0.3, 0.4) is 0 Å². The Morgan fingerprint density at radius 3 is 2.87 bits per heavy atom. The van der Waals surface area contributed by atoms with E-state index in [1.807, 2.05) is 0 Å². The number of non-ortho nitro benzene ring substituents is 1. The molecule has 1 atom stereocenters. The Morgan fingerprint density at radius 1 is 1.47 bits per heavy atom. The van der Waals surface area contributed by atoms with Gasteiger partial charge in [0.15, 0.2) is 11.5 Å². The molecule has 1 aliphatic heterocycles. The average molecular weight is 211 g/mol. The summed E-state index contributed by atoms with van der Waals surface area (Å²) in [6.45, 7) is 1.45. The smallest absolute Gasteiger partial charge is 0.361 e. The van der Waals surface area contributed by atoms with Gasteiger partial charge in [-0.1, -0.05) is 0 Å². The van der Waals surface area contributed by atoms with Gasteiger partial charge >= 0.3 is 6.48 Å². The van der Waals surface area contributed by atoms with Crippen molar-refractivity contribution in [3.05, 3.63) is 28.3 Å². The van der Waals surface area contributed by atoms with E-state index in [1.54, 1.807) is 6.92 Å². The zero-order valence-corrected chi connectivity index (χ0v) is 8.00. The predicted octanol–water partition coefficient (Wildman–Crippen LogP) is 1.69. The van der Waals surface area contributed by atoms with Crippen molar-refractivity contribution in [3.63, 3.8) is 0 Å². The number of fused-ring (bicyclic) bond motifs is 1. The maximum atomic E-state index is 10.5. The van der Waals surface area contributed by atoms with Crippen LogP contribution in [0.15, 0.2) is 18.2 Å². The number of nitrogens with zero attached hydrogens (tertiary/aromatic N) is 1. The maximum absolute atomic E-state index is 10.5. The van der Waals surface area contributed by atoms with Crippen LogP contribution in [-0.4, -0.2) is 18.0 Å². The maximum Gasteiger partial charge on any atom is 0.361 e. The lowest BCUT2D eigenvalue weighted by Crippen LogP contribution is -2.21. The zero-order valence-electron chi connectivity index (χ0n) is 8.00. The van der Waals surface area contributed by atoms with E-state index in [0.29, 0.717) is 18.1 Å². The highest BCUT2D eigenvalue weighted by Gasteiger charge is 2.26. The zero-order chi connectivity index (χ0) is 10.8. The molecular weight excluding hydrogens is 202 g/mol. The molecule has 0 amide bonds. The molecule has 0 bridgehead atoms. The molecule has 0 saturated carbocycles. The number of nitro groups is 1. The lowest BCUT2D eigenvalue weighted by molar-refractivity contribution is -0.384. The molecule has 15 heavy (non-hydrogen) atoms. The first-order chi connectivity index (χ1) is 7.20. The fourth-order valence-corrected chi connectivity index (χ4v) is 1.24. The molecule has 2 rings (SSSR count). The van der Waals surface area contributed by atoms with E-state index in [9.17, 15) is 10.1 Å². The van der Waals surface area contributed by atoms with Crippen molar-refractivity contribution in [2.45, 2.75) is 13.4 Å². The van der Waals surface area contributed by atoms with Crippen molar-refractivity contribution in [2.75, 3.05) is 6.61 Å². The summed E-state index contributed by atoms with van der Waals surface area (Å²) in [4.78, 5) is 10.00. The van der Waals surface area contributed by atoms with Crippen molar-refractivity contribution >= 4 is 5.69 Å². The molecule has 0 N–H and O–H groups in total. The Kier molecular flexibility index (Phi) is 2.42. The molecule has 0 spiro atoms. The Balaban J connectivity index is 2.20. The van der Waals surface area contributed by atoms with Gasteiger partial charge in [-0.05, 0) is 13.0 Å². The van der Waals surface area contributed by atoms with Crippen LogP contribution in [0.2, 0.25) is 0 Å². The second kappa shape index (κ2) is 3.74. The van der Waals surface area contributed by atoms with Gasteiger partial charge in [0.25, 0.3) is 5.69 Å². The average Bonchev–Trinajstić information content (AvgIpc) is 2.59. The minimum atomic E-state index is -0.799. The summed E-state index contributed by atoms with van der Waals surface area (Å²) in [7, 11) is 0. The fourth-order valence-electron chi connectivity index (χ4n) is 1.24. The monoisotopic (exact) mass is 211 g/mol. The Hall–Kier alpha value is -1.82. The highest BCUT2D eigenvalue weighted by molar-refractivity contribution is 5.49. The van der Waals surface area contributed by atoms with E-state index >= 15 is 0 Å². The first-order valence-electron chi connectivity index (χ1n) is 4.44. The summed E-state index contributed by atoms with van der Waals surface area (Å²) in [5, 5.41) is 10.5. The van der Waals surface area contributed by atoms with Gasteiger partial charge in [0.2, 0.25) is 0 Å². The topological polar surface area (TPSA) is 70.8 Å². The molecule has 0 fully saturated rings. The second-order valence-electron chi connectivity index (χ2n) is 2.87.